The first-order chi connectivity index (χ1) is 13.0. The fourth-order valence-electron chi connectivity index (χ4n) is 2.77. The van der Waals surface area contributed by atoms with Crippen molar-refractivity contribution in [2.24, 2.45) is 7.05 Å². The molecule has 1 aliphatic rings. The number of amides is 1. The molecule has 11 heteroatoms. The van der Waals surface area contributed by atoms with Gasteiger partial charge in [0.2, 0.25) is 5.95 Å². The van der Waals surface area contributed by atoms with Gasteiger partial charge in [-0.05, 0) is 13.0 Å². The molecule has 3 heterocycles. The number of aromatic nitrogens is 5. The normalized spacial score (nSPS) is 15.5. The van der Waals surface area contributed by atoms with E-state index in [0.29, 0.717) is 32.1 Å². The van der Waals surface area contributed by atoms with Gasteiger partial charge in [-0.2, -0.15) is 5.10 Å². The lowest BCUT2D eigenvalue weighted by atomic mass is 10.2. The van der Waals surface area contributed by atoms with Crippen molar-refractivity contribution in [1.29, 1.82) is 0 Å². The Morgan fingerprint density at radius 2 is 1.85 bits per heavy atom. The molecule has 1 atom stereocenters. The van der Waals surface area contributed by atoms with E-state index in [1.807, 2.05) is 4.90 Å². The molecular weight excluding hydrogens is 354 g/mol. The maximum Gasteiger partial charge on any atom is 0.345 e. The summed E-state index contributed by atoms with van der Waals surface area (Å²) in [6, 6.07) is 1.75. The first-order valence-electron chi connectivity index (χ1n) is 8.54. The molecule has 0 spiro atoms. The largest absolute Gasteiger partial charge is 0.451 e. The van der Waals surface area contributed by atoms with Crippen molar-refractivity contribution < 1.29 is 14.3 Å². The number of nitrogens with zero attached hydrogens (tertiary/aromatic N) is 7. The lowest BCUT2D eigenvalue weighted by Gasteiger charge is -2.35. The lowest BCUT2D eigenvalue weighted by molar-refractivity contribution is -0.160. The number of hydrogen-bond donors (Lipinski definition) is 0. The standard InChI is InChI=1S/C16H21N7O4/c1-12(27-13(24)10-23-16(26)20(2)11-19-23)14(25)21-6-8-22(9-7-21)15-17-4-3-5-18-15/h3-5,11-12H,6-10H2,1-2H3/t12-/m1/s1. The van der Waals surface area contributed by atoms with Crippen LogP contribution in [0.25, 0.3) is 0 Å². The minimum absolute atomic E-state index is 0.273. The highest BCUT2D eigenvalue weighted by Crippen LogP contribution is 2.11. The third-order valence-electron chi connectivity index (χ3n) is 4.25. The van der Waals surface area contributed by atoms with Crippen molar-refractivity contribution in [2.45, 2.75) is 19.6 Å². The zero-order valence-electron chi connectivity index (χ0n) is 15.2. The molecule has 2 aromatic rings. The van der Waals surface area contributed by atoms with Gasteiger partial charge in [0.1, 0.15) is 12.9 Å². The van der Waals surface area contributed by atoms with Crippen molar-refractivity contribution in [3.8, 4) is 0 Å². The van der Waals surface area contributed by atoms with Crippen molar-refractivity contribution in [1.82, 2.24) is 29.2 Å². The van der Waals surface area contributed by atoms with E-state index in [-0.39, 0.29) is 12.5 Å². The van der Waals surface area contributed by atoms with E-state index < -0.39 is 17.8 Å². The molecule has 1 saturated heterocycles. The topological polar surface area (TPSA) is 115 Å². The van der Waals surface area contributed by atoms with Gasteiger partial charge < -0.3 is 14.5 Å². The van der Waals surface area contributed by atoms with Gasteiger partial charge >= 0.3 is 11.7 Å². The molecule has 0 aliphatic carbocycles. The summed E-state index contributed by atoms with van der Waals surface area (Å²) >= 11 is 0. The van der Waals surface area contributed by atoms with Gasteiger partial charge in [-0.15, -0.1) is 0 Å². The summed E-state index contributed by atoms with van der Waals surface area (Å²) in [6.45, 7) is 3.35. The van der Waals surface area contributed by atoms with Crippen molar-refractivity contribution >= 4 is 17.8 Å². The molecule has 0 radical (unpaired) electrons. The van der Waals surface area contributed by atoms with Gasteiger partial charge in [-0.1, -0.05) is 0 Å². The van der Waals surface area contributed by atoms with E-state index >= 15 is 0 Å². The predicted molar refractivity (Wildman–Crippen MR) is 93.8 cm³/mol. The van der Waals surface area contributed by atoms with E-state index in [1.165, 1.54) is 24.9 Å². The Morgan fingerprint density at radius 3 is 2.44 bits per heavy atom. The molecule has 0 unspecified atom stereocenters. The summed E-state index contributed by atoms with van der Waals surface area (Å²) in [5.74, 6) is -0.330. The second-order valence-corrected chi connectivity index (χ2v) is 6.18. The second-order valence-electron chi connectivity index (χ2n) is 6.18. The minimum Gasteiger partial charge on any atom is -0.451 e. The molecule has 1 aliphatic heterocycles. The second kappa shape index (κ2) is 7.98. The fraction of sp³-hybridized carbons (Fsp3) is 0.500. The first-order valence-corrected chi connectivity index (χ1v) is 8.54. The summed E-state index contributed by atoms with van der Waals surface area (Å²) in [5.41, 5.74) is -0.426. The van der Waals surface area contributed by atoms with Crippen LogP contribution in [0.4, 0.5) is 5.95 Å². The van der Waals surface area contributed by atoms with Gasteiger partial charge in [-0.25, -0.2) is 19.4 Å². The number of hydrogen-bond acceptors (Lipinski definition) is 8. The summed E-state index contributed by atoms with van der Waals surface area (Å²) in [7, 11) is 1.53. The van der Waals surface area contributed by atoms with Crippen LogP contribution in [0.15, 0.2) is 29.6 Å². The molecule has 144 valence electrons. The van der Waals surface area contributed by atoms with Crippen LogP contribution in [-0.4, -0.2) is 73.4 Å². The van der Waals surface area contributed by atoms with E-state index in [0.717, 1.165) is 4.68 Å². The first kappa shape index (κ1) is 18.5. The Morgan fingerprint density at radius 1 is 1.19 bits per heavy atom. The highest BCUT2D eigenvalue weighted by atomic mass is 16.5. The average molecular weight is 375 g/mol. The molecular formula is C16H21N7O4. The van der Waals surface area contributed by atoms with Crippen LogP contribution in [-0.2, 0) is 27.9 Å². The molecule has 0 aromatic carbocycles. The minimum atomic E-state index is -0.934. The number of carbonyl (C=O) groups excluding carboxylic acids is 2. The maximum atomic E-state index is 12.5. The van der Waals surface area contributed by atoms with Gasteiger partial charge in [0.15, 0.2) is 6.10 Å². The van der Waals surface area contributed by atoms with Crippen molar-refractivity contribution in [2.75, 3.05) is 31.1 Å². The molecule has 1 amide bonds. The van der Waals surface area contributed by atoms with Crippen molar-refractivity contribution in [3.63, 3.8) is 0 Å². The van der Waals surface area contributed by atoms with Crippen molar-refractivity contribution in [3.05, 3.63) is 35.3 Å². The summed E-state index contributed by atoms with van der Waals surface area (Å²) < 4.78 is 7.40. The van der Waals surface area contributed by atoms with Gasteiger partial charge in [0.05, 0.1) is 0 Å². The highest BCUT2D eigenvalue weighted by molar-refractivity contribution is 5.83. The zero-order chi connectivity index (χ0) is 19.4. The predicted octanol–water partition coefficient (Wildman–Crippen LogP) is -1.35. The maximum absolute atomic E-state index is 12.5. The quantitative estimate of drug-likeness (QED) is 0.589. The number of anilines is 1. The van der Waals surface area contributed by atoms with Crippen LogP contribution >= 0.6 is 0 Å². The van der Waals surface area contributed by atoms with E-state index in [9.17, 15) is 14.4 Å². The summed E-state index contributed by atoms with van der Waals surface area (Å²) in [6.07, 6.45) is 3.72. The average Bonchev–Trinajstić information content (AvgIpc) is 3.00. The molecule has 11 nitrogen and oxygen atoms in total. The zero-order valence-corrected chi connectivity index (χ0v) is 15.2. The van der Waals surface area contributed by atoms with Gasteiger partial charge in [-0.3, -0.25) is 14.2 Å². The third-order valence-corrected chi connectivity index (χ3v) is 4.25. The SMILES string of the molecule is C[C@@H](OC(=O)Cn1ncn(C)c1=O)C(=O)N1CCN(c2ncccn2)CC1. The van der Waals surface area contributed by atoms with Crippen LogP contribution < -0.4 is 10.6 Å². The fourth-order valence-corrected chi connectivity index (χ4v) is 2.77. The number of aryl methyl sites for hydroxylation is 1. The van der Waals surface area contributed by atoms with E-state index in [4.69, 9.17) is 4.74 Å². The monoisotopic (exact) mass is 375 g/mol. The summed E-state index contributed by atoms with van der Waals surface area (Å²) in [4.78, 5) is 48.2. The van der Waals surface area contributed by atoms with Gasteiger partial charge in [0, 0.05) is 45.6 Å². The van der Waals surface area contributed by atoms with Crippen LogP contribution in [0, 0.1) is 0 Å². The molecule has 0 bridgehead atoms. The molecule has 0 N–H and O–H groups in total. The van der Waals surface area contributed by atoms with Crippen LogP contribution in [0.3, 0.4) is 0 Å². The third kappa shape index (κ3) is 4.30. The molecule has 1 fully saturated rings. The Bertz CT molecular complexity index is 855. The van der Waals surface area contributed by atoms with E-state index in [2.05, 4.69) is 15.1 Å². The van der Waals surface area contributed by atoms with Crippen LogP contribution in [0.5, 0.6) is 0 Å². The lowest BCUT2D eigenvalue weighted by Crippen LogP contribution is -2.52. The number of ether oxygens (including phenoxy) is 1. The molecule has 0 saturated carbocycles. The van der Waals surface area contributed by atoms with E-state index in [1.54, 1.807) is 23.4 Å². The number of rotatable bonds is 5. The van der Waals surface area contributed by atoms with Crippen LogP contribution in [0.1, 0.15) is 6.92 Å². The molecule has 27 heavy (non-hydrogen) atoms. The highest BCUT2D eigenvalue weighted by Gasteiger charge is 2.28. The Balaban J connectivity index is 1.50. The Labute approximate surface area is 155 Å². The molecule has 2 aromatic heterocycles. The molecule has 3 rings (SSSR count). The number of piperazine rings is 1. The smallest absolute Gasteiger partial charge is 0.345 e. The Kier molecular flexibility index (Phi) is 5.48. The van der Waals surface area contributed by atoms with Crippen LogP contribution in [0.2, 0.25) is 0 Å². The van der Waals surface area contributed by atoms with Gasteiger partial charge in [0.25, 0.3) is 5.91 Å². The number of carbonyl (C=O) groups is 2. The summed E-state index contributed by atoms with van der Waals surface area (Å²) in [5, 5.41) is 3.79. The number of esters is 1. The Hall–Kier alpha value is -3.24.